The van der Waals surface area contributed by atoms with Crippen LogP contribution in [0.2, 0.25) is 0 Å². The Kier molecular flexibility index (Phi) is 14.8. The summed E-state index contributed by atoms with van der Waals surface area (Å²) in [7, 11) is 0. The second-order valence-electron chi connectivity index (χ2n) is 15.1. The fourth-order valence-corrected chi connectivity index (χ4v) is 8.58. The minimum Gasteiger partial charge on any atom is -0.488 e. The molecule has 63 heavy (non-hydrogen) atoms. The van der Waals surface area contributed by atoms with E-state index in [9.17, 15) is 20.7 Å². The number of hydrogen-bond donors (Lipinski definition) is 2. The van der Waals surface area contributed by atoms with Gasteiger partial charge >= 0.3 is 0 Å². The quantitative estimate of drug-likeness (QED) is 0.0502. The number of unbranched alkanes of at least 4 members (excludes halogenated alkanes) is 2. The zero-order chi connectivity index (χ0) is 44.0. The normalized spacial score (nSPS) is 15.5. The molecule has 2 aliphatic rings. The maximum Gasteiger partial charge on any atom is 0.237 e. The van der Waals surface area contributed by atoms with Gasteiger partial charge in [-0.05, 0) is 85.2 Å². The molecule has 1 atom stereocenters. The highest BCUT2D eigenvalue weighted by Crippen LogP contribution is 2.50. The molecular formula is C52H48N4O6S. The molecular weight excluding hydrogens is 809 g/mol. The van der Waals surface area contributed by atoms with E-state index in [0.29, 0.717) is 55.5 Å². The highest BCUT2D eigenvalue weighted by Gasteiger charge is 2.44. The number of rotatable bonds is 18. The predicted octanol–water partition coefficient (Wildman–Crippen LogP) is 10.7. The Morgan fingerprint density at radius 2 is 1.40 bits per heavy atom. The van der Waals surface area contributed by atoms with Crippen molar-refractivity contribution >= 4 is 35.3 Å². The van der Waals surface area contributed by atoms with E-state index >= 15 is 0 Å². The van der Waals surface area contributed by atoms with Crippen LogP contribution in [0.25, 0.3) is 34.2 Å². The number of aliphatic hydroxyl groups excluding tert-OH is 2. The lowest BCUT2D eigenvalue weighted by molar-refractivity contribution is 0.0755. The number of benzene rings is 4. The molecule has 10 nitrogen and oxygen atoms in total. The zero-order valence-electron chi connectivity index (χ0n) is 35.1. The average Bonchev–Trinajstić information content (AvgIpc) is 3.83. The van der Waals surface area contributed by atoms with Gasteiger partial charge in [-0.3, -0.25) is 0 Å². The summed E-state index contributed by atoms with van der Waals surface area (Å²) < 4.78 is 25.4. The number of ether oxygens (including phenoxy) is 4. The van der Waals surface area contributed by atoms with E-state index in [1.807, 2.05) is 134 Å². The molecule has 7 rings (SSSR count). The number of hydrogen-bond acceptors (Lipinski definition) is 10. The van der Waals surface area contributed by atoms with Gasteiger partial charge in [0.15, 0.2) is 22.8 Å². The van der Waals surface area contributed by atoms with E-state index in [2.05, 4.69) is 21.9 Å². The minimum atomic E-state index is -1.20. The van der Waals surface area contributed by atoms with Crippen molar-refractivity contribution in [3.63, 3.8) is 0 Å². The molecule has 0 saturated heterocycles. The fourth-order valence-electron chi connectivity index (χ4n) is 7.58. The molecule has 5 aromatic rings. The molecule has 0 aliphatic carbocycles. The first-order chi connectivity index (χ1) is 30.9. The molecule has 0 spiro atoms. The van der Waals surface area contributed by atoms with E-state index in [1.165, 1.54) is 11.3 Å². The van der Waals surface area contributed by atoms with Crippen molar-refractivity contribution in [3.8, 4) is 40.5 Å². The SMILES string of the molecule is [C-]#[N+]C1=C(/C=C/c2sc(/C=C/c3ccc(N(CCCCO)CCCCO)cc3OCc3ccccc3)c3c2OCCO3)C(C)(c2ccc(-c3ccccc3)cc2)OC1=C(C#N)C#N. The van der Waals surface area contributed by atoms with Gasteiger partial charge in [-0.15, -0.1) is 11.3 Å². The van der Waals surface area contributed by atoms with Gasteiger partial charge in [-0.25, -0.2) is 4.85 Å². The number of anilines is 1. The van der Waals surface area contributed by atoms with Crippen LogP contribution in [0.1, 0.15) is 59.1 Å². The van der Waals surface area contributed by atoms with Crippen molar-refractivity contribution in [1.29, 1.82) is 10.5 Å². The van der Waals surface area contributed by atoms with Gasteiger partial charge in [-0.2, -0.15) is 10.5 Å². The number of nitrogens with zero attached hydrogens (tertiary/aromatic N) is 4. The first-order valence-electron chi connectivity index (χ1n) is 21.0. The van der Waals surface area contributed by atoms with Crippen LogP contribution in [0.4, 0.5) is 5.69 Å². The van der Waals surface area contributed by atoms with Gasteiger partial charge in [0.2, 0.25) is 5.70 Å². The zero-order valence-corrected chi connectivity index (χ0v) is 35.9. The average molecular weight is 857 g/mol. The molecule has 4 aromatic carbocycles. The monoisotopic (exact) mass is 856 g/mol. The van der Waals surface area contributed by atoms with Crippen LogP contribution in [-0.4, -0.2) is 49.7 Å². The summed E-state index contributed by atoms with van der Waals surface area (Å²) >= 11 is 1.47. The van der Waals surface area contributed by atoms with E-state index < -0.39 is 5.60 Å². The number of nitriles is 2. The predicted molar refractivity (Wildman–Crippen MR) is 248 cm³/mol. The summed E-state index contributed by atoms with van der Waals surface area (Å²) in [4.78, 5) is 7.68. The minimum absolute atomic E-state index is 0.0459. The molecule has 1 unspecified atom stereocenters. The number of fused-ring (bicyclic) bond motifs is 1. The molecule has 0 fully saturated rings. The van der Waals surface area contributed by atoms with Gasteiger partial charge in [-0.1, -0.05) is 91.0 Å². The van der Waals surface area contributed by atoms with E-state index in [0.717, 1.165) is 69.2 Å². The molecule has 11 heteroatoms. The first kappa shape index (κ1) is 44.0. The van der Waals surface area contributed by atoms with Crippen LogP contribution in [0, 0.1) is 29.2 Å². The highest BCUT2D eigenvalue weighted by atomic mass is 32.1. The largest absolute Gasteiger partial charge is 0.488 e. The lowest BCUT2D eigenvalue weighted by atomic mass is 9.86. The molecule has 0 saturated carbocycles. The van der Waals surface area contributed by atoms with Gasteiger partial charge in [0.05, 0.1) is 16.3 Å². The molecule has 2 N–H and O–H groups in total. The van der Waals surface area contributed by atoms with Crippen molar-refractivity contribution in [2.45, 2.75) is 44.8 Å². The molecule has 0 bridgehead atoms. The third-order valence-corrected chi connectivity index (χ3v) is 12.0. The summed E-state index contributed by atoms with van der Waals surface area (Å²) in [5, 5.41) is 38.7. The maximum absolute atomic E-state index is 9.87. The Hall–Kier alpha value is -7.07. The van der Waals surface area contributed by atoms with E-state index in [-0.39, 0.29) is 30.2 Å². The van der Waals surface area contributed by atoms with Crippen LogP contribution < -0.4 is 19.1 Å². The third-order valence-electron chi connectivity index (χ3n) is 10.9. The van der Waals surface area contributed by atoms with Crippen LogP contribution >= 0.6 is 11.3 Å². The van der Waals surface area contributed by atoms with Crippen molar-refractivity contribution in [2.24, 2.45) is 0 Å². The van der Waals surface area contributed by atoms with E-state index in [4.69, 9.17) is 25.5 Å². The van der Waals surface area contributed by atoms with Crippen molar-refractivity contribution in [2.75, 3.05) is 44.4 Å². The summed E-state index contributed by atoms with van der Waals surface area (Å²) in [5.41, 5.74) is 4.84. The van der Waals surface area contributed by atoms with E-state index in [1.54, 1.807) is 0 Å². The topological polar surface area (TPSA) is 133 Å². The molecule has 3 heterocycles. The maximum atomic E-state index is 9.87. The number of thiophene rings is 1. The number of allylic oxidation sites excluding steroid dienone is 1. The highest BCUT2D eigenvalue weighted by molar-refractivity contribution is 7.14. The van der Waals surface area contributed by atoms with Crippen LogP contribution in [0.15, 0.2) is 132 Å². The third kappa shape index (κ3) is 10.2. The Morgan fingerprint density at radius 3 is 2.00 bits per heavy atom. The fraction of sp³-hybridized carbons (Fsp3) is 0.250. The van der Waals surface area contributed by atoms with Crippen LogP contribution in [0.5, 0.6) is 17.2 Å². The Morgan fingerprint density at radius 1 is 0.794 bits per heavy atom. The summed E-state index contributed by atoms with van der Waals surface area (Å²) in [6.45, 7) is 13.0. The summed E-state index contributed by atoms with van der Waals surface area (Å²) in [5.74, 6) is 1.86. The van der Waals surface area contributed by atoms with Crippen molar-refractivity contribution in [3.05, 3.63) is 170 Å². The summed E-state index contributed by atoms with van der Waals surface area (Å²) in [6.07, 6.45) is 10.8. The molecule has 2 aliphatic heterocycles. The first-order valence-corrected chi connectivity index (χ1v) is 21.8. The lowest BCUT2D eigenvalue weighted by Gasteiger charge is -2.28. The molecule has 318 valence electrons. The summed E-state index contributed by atoms with van der Waals surface area (Å²) in [6, 6.07) is 37.9. The van der Waals surface area contributed by atoms with Crippen LogP contribution in [0.3, 0.4) is 0 Å². The van der Waals surface area contributed by atoms with Gasteiger partial charge in [0.1, 0.15) is 43.3 Å². The molecule has 1 aromatic heterocycles. The van der Waals surface area contributed by atoms with Crippen LogP contribution in [-0.2, 0) is 16.9 Å². The smallest absolute Gasteiger partial charge is 0.237 e. The Labute approximate surface area is 372 Å². The molecule has 0 radical (unpaired) electrons. The van der Waals surface area contributed by atoms with Gasteiger partial charge < -0.3 is 34.1 Å². The van der Waals surface area contributed by atoms with Crippen molar-refractivity contribution in [1.82, 2.24) is 0 Å². The Balaban J connectivity index is 1.24. The van der Waals surface area contributed by atoms with Gasteiger partial charge in [0.25, 0.3) is 0 Å². The standard InChI is InChI=1S/C52H48N4O6S/c1-52(42-21-17-39(18-22-42)38-15-7-4-8-16-38)44(48(55-2)49(62-52)41(34-53)35-54)24-26-47-51-50(59-31-32-60-51)46(63-47)25-20-40-19-23-43(56(27-9-11-29-57)28-10-12-30-58)33-45(40)61-36-37-13-5-3-6-14-37/h3-8,13-26,33,57-58H,9-12,27-32,36H2,1H3/b25-20+,26-24+. The second kappa shape index (κ2) is 21.1. The Bertz CT molecular complexity index is 2610. The second-order valence-corrected chi connectivity index (χ2v) is 16.2. The van der Waals surface area contributed by atoms with Gasteiger partial charge in [0, 0.05) is 49.2 Å². The van der Waals surface area contributed by atoms with Crippen molar-refractivity contribution < 1.29 is 29.2 Å². The molecule has 0 amide bonds. The number of aliphatic hydroxyl groups is 2. The lowest BCUT2D eigenvalue weighted by Crippen LogP contribution is -2.26.